The van der Waals surface area contributed by atoms with Gasteiger partial charge in [0.1, 0.15) is 5.75 Å². The van der Waals surface area contributed by atoms with Crippen LogP contribution in [0.2, 0.25) is 0 Å². The molecule has 0 fully saturated rings. The molecule has 0 heterocycles. The Balaban J connectivity index is 2.80. The van der Waals surface area contributed by atoms with Gasteiger partial charge in [0.2, 0.25) is 0 Å². The van der Waals surface area contributed by atoms with Gasteiger partial charge in [0.15, 0.2) is 0 Å². The fourth-order valence-corrected chi connectivity index (χ4v) is 1.49. The molecule has 5 nitrogen and oxygen atoms in total. The predicted octanol–water partition coefficient (Wildman–Crippen LogP) is 2.54. The molecule has 1 amide bonds. The van der Waals surface area contributed by atoms with Crippen LogP contribution in [0.5, 0.6) is 5.75 Å². The lowest BCUT2D eigenvalue weighted by atomic mass is 10.2. The fraction of sp³-hybridized carbons (Fsp3) is 0.273. The Morgan fingerprint density at radius 2 is 2.35 bits per heavy atom. The summed E-state index contributed by atoms with van der Waals surface area (Å²) in [5.41, 5.74) is 2.97. The van der Waals surface area contributed by atoms with E-state index in [1.807, 2.05) is 25.1 Å². The van der Waals surface area contributed by atoms with Gasteiger partial charge in [-0.05, 0) is 25.1 Å². The monoisotopic (exact) mass is 300 g/mol. The number of nitrogens with one attached hydrogen (secondary N) is 1. The molecule has 0 aliphatic rings. The fourth-order valence-electron chi connectivity index (χ4n) is 1.11. The summed E-state index contributed by atoms with van der Waals surface area (Å²) in [4.78, 5) is 10.8. The lowest BCUT2D eigenvalue weighted by Gasteiger charge is -2.06. The number of hydrogen-bond donors (Lipinski definition) is 1. The quantitative estimate of drug-likeness (QED) is 0.686. The third kappa shape index (κ3) is 4.44. The number of carbonyl (C=O) groups is 1. The van der Waals surface area contributed by atoms with E-state index in [9.17, 15) is 4.79 Å². The highest BCUT2D eigenvalue weighted by molar-refractivity contribution is 9.10. The van der Waals surface area contributed by atoms with E-state index in [-0.39, 0.29) is 0 Å². The molecule has 0 aliphatic heterocycles. The maximum atomic E-state index is 10.8. The van der Waals surface area contributed by atoms with Crippen LogP contribution >= 0.6 is 15.9 Å². The van der Waals surface area contributed by atoms with Crippen LogP contribution in [0, 0.1) is 0 Å². The van der Waals surface area contributed by atoms with Crippen molar-refractivity contribution in [1.82, 2.24) is 5.43 Å². The third-order valence-electron chi connectivity index (χ3n) is 1.82. The minimum atomic E-state index is -0.616. The van der Waals surface area contributed by atoms with Gasteiger partial charge < -0.3 is 9.47 Å². The number of benzene rings is 1. The Hall–Kier alpha value is -1.56. The Morgan fingerprint density at radius 3 is 3.00 bits per heavy atom. The van der Waals surface area contributed by atoms with E-state index in [0.29, 0.717) is 12.4 Å². The first-order valence-corrected chi connectivity index (χ1v) is 5.76. The Morgan fingerprint density at radius 1 is 1.59 bits per heavy atom. The van der Waals surface area contributed by atoms with Gasteiger partial charge in [0, 0.05) is 10.0 Å². The highest BCUT2D eigenvalue weighted by Crippen LogP contribution is 2.21. The normalized spacial score (nSPS) is 10.3. The zero-order chi connectivity index (χ0) is 12.7. The summed E-state index contributed by atoms with van der Waals surface area (Å²) in [5, 5.41) is 3.75. The topological polar surface area (TPSA) is 59.9 Å². The van der Waals surface area contributed by atoms with E-state index in [1.165, 1.54) is 13.3 Å². The van der Waals surface area contributed by atoms with Gasteiger partial charge >= 0.3 is 6.09 Å². The Kier molecular flexibility index (Phi) is 5.48. The van der Waals surface area contributed by atoms with Gasteiger partial charge in [-0.2, -0.15) is 5.10 Å². The van der Waals surface area contributed by atoms with E-state index in [0.717, 1.165) is 10.0 Å². The van der Waals surface area contributed by atoms with Crippen LogP contribution in [-0.2, 0) is 4.74 Å². The summed E-state index contributed by atoms with van der Waals surface area (Å²) < 4.78 is 10.7. The van der Waals surface area contributed by atoms with Gasteiger partial charge in [0.25, 0.3) is 0 Å². The number of nitrogens with zero attached hydrogens (tertiary/aromatic N) is 1. The molecular weight excluding hydrogens is 288 g/mol. The van der Waals surface area contributed by atoms with Crippen LogP contribution < -0.4 is 10.2 Å². The second-order valence-corrected chi connectivity index (χ2v) is 3.89. The van der Waals surface area contributed by atoms with Crippen molar-refractivity contribution in [1.29, 1.82) is 0 Å². The lowest BCUT2D eigenvalue weighted by Crippen LogP contribution is -2.16. The van der Waals surface area contributed by atoms with E-state index in [4.69, 9.17) is 4.74 Å². The lowest BCUT2D eigenvalue weighted by molar-refractivity contribution is 0.171. The average Bonchev–Trinajstić information content (AvgIpc) is 2.32. The number of carbonyl (C=O) groups excluding carboxylic acids is 1. The van der Waals surface area contributed by atoms with Crippen LogP contribution in [0.15, 0.2) is 27.8 Å². The molecule has 1 N–H and O–H groups in total. The predicted molar refractivity (Wildman–Crippen MR) is 68.4 cm³/mol. The largest absolute Gasteiger partial charge is 0.493 e. The standard InChI is InChI=1S/C11H13BrN2O3/c1-3-17-10-5-4-9(12)6-8(10)7-13-14-11(15)16-2/h4-7H,3H2,1-2H3,(H,14,15)/b13-7+. The number of hydrazone groups is 1. The van der Waals surface area contributed by atoms with E-state index in [1.54, 1.807) is 0 Å². The molecule has 0 unspecified atom stereocenters. The molecule has 0 saturated heterocycles. The van der Waals surface area contributed by atoms with Crippen molar-refractivity contribution in [3.63, 3.8) is 0 Å². The number of rotatable bonds is 4. The summed E-state index contributed by atoms with van der Waals surface area (Å²) in [6, 6.07) is 5.54. The SMILES string of the molecule is CCOc1ccc(Br)cc1/C=N/NC(=O)OC. The molecule has 92 valence electrons. The highest BCUT2D eigenvalue weighted by atomic mass is 79.9. The van der Waals surface area contributed by atoms with E-state index in [2.05, 4.69) is 31.2 Å². The van der Waals surface area contributed by atoms with Gasteiger partial charge in [-0.15, -0.1) is 0 Å². The molecule has 1 aromatic carbocycles. The molecule has 0 spiro atoms. The van der Waals surface area contributed by atoms with Gasteiger partial charge in [-0.1, -0.05) is 15.9 Å². The zero-order valence-electron chi connectivity index (χ0n) is 9.57. The average molecular weight is 301 g/mol. The maximum Gasteiger partial charge on any atom is 0.427 e. The van der Waals surface area contributed by atoms with Crippen molar-refractivity contribution in [3.8, 4) is 5.75 Å². The number of methoxy groups -OCH3 is 1. The van der Waals surface area contributed by atoms with Crippen molar-refractivity contribution in [2.45, 2.75) is 6.92 Å². The molecule has 1 rings (SSSR count). The molecule has 0 atom stereocenters. The second-order valence-electron chi connectivity index (χ2n) is 2.98. The van der Waals surface area contributed by atoms with Crippen LogP contribution in [0.4, 0.5) is 4.79 Å². The van der Waals surface area contributed by atoms with Crippen LogP contribution in [-0.4, -0.2) is 26.0 Å². The first-order chi connectivity index (χ1) is 8.17. The number of ether oxygens (including phenoxy) is 2. The number of hydrogen-bond acceptors (Lipinski definition) is 4. The van der Waals surface area contributed by atoms with Crippen molar-refractivity contribution >= 4 is 28.2 Å². The number of amides is 1. The van der Waals surface area contributed by atoms with Crippen molar-refractivity contribution in [2.24, 2.45) is 5.10 Å². The summed E-state index contributed by atoms with van der Waals surface area (Å²) in [5.74, 6) is 0.700. The highest BCUT2D eigenvalue weighted by Gasteiger charge is 2.02. The minimum absolute atomic E-state index is 0.562. The molecule has 0 saturated carbocycles. The van der Waals surface area contributed by atoms with Crippen LogP contribution in [0.3, 0.4) is 0 Å². The molecule has 6 heteroatoms. The van der Waals surface area contributed by atoms with Crippen molar-refractivity contribution in [3.05, 3.63) is 28.2 Å². The Labute approximate surface area is 108 Å². The van der Waals surface area contributed by atoms with Crippen molar-refractivity contribution in [2.75, 3.05) is 13.7 Å². The zero-order valence-corrected chi connectivity index (χ0v) is 11.2. The minimum Gasteiger partial charge on any atom is -0.493 e. The van der Waals surface area contributed by atoms with Crippen LogP contribution in [0.1, 0.15) is 12.5 Å². The smallest absolute Gasteiger partial charge is 0.427 e. The molecule has 0 aromatic heterocycles. The molecule has 1 aromatic rings. The van der Waals surface area contributed by atoms with Gasteiger partial charge in [-0.3, -0.25) is 0 Å². The molecule has 0 radical (unpaired) electrons. The van der Waals surface area contributed by atoms with Crippen molar-refractivity contribution < 1.29 is 14.3 Å². The molecule has 0 bridgehead atoms. The van der Waals surface area contributed by atoms with E-state index >= 15 is 0 Å². The summed E-state index contributed by atoms with van der Waals surface area (Å²) in [6.07, 6.45) is 0.876. The second kappa shape index (κ2) is 6.90. The summed E-state index contributed by atoms with van der Waals surface area (Å²) >= 11 is 3.35. The summed E-state index contributed by atoms with van der Waals surface area (Å²) in [7, 11) is 1.27. The third-order valence-corrected chi connectivity index (χ3v) is 2.31. The van der Waals surface area contributed by atoms with Gasteiger partial charge in [-0.25, -0.2) is 10.2 Å². The summed E-state index contributed by atoms with van der Waals surface area (Å²) in [6.45, 7) is 2.46. The molecular formula is C11H13BrN2O3. The molecule has 0 aliphatic carbocycles. The Bertz CT molecular complexity index is 421. The first-order valence-electron chi connectivity index (χ1n) is 4.96. The maximum absolute atomic E-state index is 10.8. The van der Waals surface area contributed by atoms with Crippen LogP contribution in [0.25, 0.3) is 0 Å². The van der Waals surface area contributed by atoms with Gasteiger partial charge in [0.05, 0.1) is 19.9 Å². The molecule has 17 heavy (non-hydrogen) atoms. The number of halogens is 1. The van der Waals surface area contributed by atoms with E-state index < -0.39 is 6.09 Å². The first kappa shape index (κ1) is 13.5.